The maximum atomic E-state index is 5.98. The van der Waals surface area contributed by atoms with Gasteiger partial charge in [0.1, 0.15) is 5.75 Å². The minimum Gasteiger partial charge on any atom is -0.493 e. The monoisotopic (exact) mass is 247 g/mol. The van der Waals surface area contributed by atoms with Crippen LogP contribution in [0.15, 0.2) is 24.3 Å². The zero-order valence-corrected chi connectivity index (χ0v) is 11.5. The number of benzene rings is 1. The van der Waals surface area contributed by atoms with Crippen LogP contribution in [-0.4, -0.2) is 13.2 Å². The Kier molecular flexibility index (Phi) is 4.65. The van der Waals surface area contributed by atoms with Gasteiger partial charge in [0.15, 0.2) is 0 Å². The summed E-state index contributed by atoms with van der Waals surface area (Å²) < 4.78 is 5.98. The van der Waals surface area contributed by atoms with Gasteiger partial charge in [-0.3, -0.25) is 0 Å². The minimum atomic E-state index is 0.396. The molecule has 0 amide bonds. The van der Waals surface area contributed by atoms with E-state index in [9.17, 15) is 0 Å². The molecule has 100 valence electrons. The molecule has 0 atom stereocenters. The van der Waals surface area contributed by atoms with Crippen LogP contribution >= 0.6 is 0 Å². The number of hydrogen-bond donors (Lipinski definition) is 1. The summed E-state index contributed by atoms with van der Waals surface area (Å²) in [7, 11) is 0. The molecule has 0 heterocycles. The molecule has 1 aromatic carbocycles. The third-order valence-electron chi connectivity index (χ3n) is 3.97. The Morgan fingerprint density at radius 2 is 2.06 bits per heavy atom. The molecule has 1 aromatic rings. The van der Waals surface area contributed by atoms with Crippen molar-refractivity contribution < 1.29 is 4.74 Å². The summed E-state index contributed by atoms with van der Waals surface area (Å²) in [4.78, 5) is 0. The number of hydrogen-bond acceptors (Lipinski definition) is 2. The van der Waals surface area contributed by atoms with Gasteiger partial charge in [0.25, 0.3) is 0 Å². The Bertz CT molecular complexity index is 369. The lowest BCUT2D eigenvalue weighted by Crippen LogP contribution is -2.21. The first kappa shape index (κ1) is 13.4. The van der Waals surface area contributed by atoms with E-state index in [2.05, 4.69) is 31.2 Å². The summed E-state index contributed by atoms with van der Waals surface area (Å²) in [5.74, 6) is 1.01. The highest BCUT2D eigenvalue weighted by Gasteiger charge is 2.29. The van der Waals surface area contributed by atoms with Crippen molar-refractivity contribution in [3.8, 4) is 5.75 Å². The van der Waals surface area contributed by atoms with Gasteiger partial charge in [-0.1, -0.05) is 31.9 Å². The summed E-state index contributed by atoms with van der Waals surface area (Å²) in [6.45, 7) is 3.95. The summed E-state index contributed by atoms with van der Waals surface area (Å²) in [6, 6.07) is 8.45. The zero-order valence-electron chi connectivity index (χ0n) is 11.5. The number of rotatable bonds is 6. The Morgan fingerprint density at radius 1 is 1.28 bits per heavy atom. The number of ether oxygens (including phenoxy) is 1. The quantitative estimate of drug-likeness (QED) is 0.834. The molecule has 0 unspecified atom stereocenters. The van der Waals surface area contributed by atoms with Crippen LogP contribution in [-0.2, 0) is 6.42 Å². The SMILES string of the molecule is CC1(COc2cccc(CCCN)c2)CCCC1. The molecular formula is C16H25NO. The fourth-order valence-electron chi connectivity index (χ4n) is 2.73. The highest BCUT2D eigenvalue weighted by atomic mass is 16.5. The highest BCUT2D eigenvalue weighted by Crippen LogP contribution is 2.37. The van der Waals surface area contributed by atoms with Crippen molar-refractivity contribution in [1.29, 1.82) is 0 Å². The summed E-state index contributed by atoms with van der Waals surface area (Å²) >= 11 is 0. The summed E-state index contributed by atoms with van der Waals surface area (Å²) in [5.41, 5.74) is 7.27. The smallest absolute Gasteiger partial charge is 0.119 e. The molecule has 0 bridgehead atoms. The van der Waals surface area contributed by atoms with E-state index in [1.165, 1.54) is 31.2 Å². The summed E-state index contributed by atoms with van der Waals surface area (Å²) in [6.07, 6.45) is 7.42. The molecule has 0 spiro atoms. The average molecular weight is 247 g/mol. The van der Waals surface area contributed by atoms with Crippen molar-refractivity contribution in [2.45, 2.75) is 45.4 Å². The van der Waals surface area contributed by atoms with Gasteiger partial charge in [0, 0.05) is 5.41 Å². The van der Waals surface area contributed by atoms with Gasteiger partial charge in [-0.25, -0.2) is 0 Å². The number of nitrogens with two attached hydrogens (primary N) is 1. The first-order valence-electron chi connectivity index (χ1n) is 7.14. The van der Waals surface area contributed by atoms with Crippen molar-refractivity contribution in [1.82, 2.24) is 0 Å². The molecule has 2 heteroatoms. The van der Waals surface area contributed by atoms with E-state index in [0.717, 1.165) is 31.7 Å². The van der Waals surface area contributed by atoms with E-state index in [1.54, 1.807) is 0 Å². The zero-order chi connectivity index (χ0) is 12.8. The topological polar surface area (TPSA) is 35.2 Å². The molecule has 0 aliphatic heterocycles. The molecule has 18 heavy (non-hydrogen) atoms. The van der Waals surface area contributed by atoms with E-state index in [1.807, 2.05) is 0 Å². The van der Waals surface area contributed by atoms with Crippen molar-refractivity contribution in [2.75, 3.05) is 13.2 Å². The Hall–Kier alpha value is -1.02. The molecule has 1 aliphatic rings. The first-order valence-corrected chi connectivity index (χ1v) is 7.14. The van der Waals surface area contributed by atoms with Crippen LogP contribution in [0.1, 0.15) is 44.6 Å². The van der Waals surface area contributed by atoms with Gasteiger partial charge in [-0.05, 0) is 49.9 Å². The second kappa shape index (κ2) is 6.24. The predicted octanol–water partition coefficient (Wildman–Crippen LogP) is 3.54. The van der Waals surface area contributed by atoms with Crippen molar-refractivity contribution >= 4 is 0 Å². The maximum Gasteiger partial charge on any atom is 0.119 e. The standard InChI is InChI=1S/C16H25NO/c1-16(9-2-3-10-16)13-18-15-8-4-6-14(12-15)7-5-11-17/h4,6,8,12H,2-3,5,7,9-11,13,17H2,1H3. The van der Waals surface area contributed by atoms with Crippen LogP contribution in [0.5, 0.6) is 5.75 Å². The average Bonchev–Trinajstić information content (AvgIpc) is 2.82. The van der Waals surface area contributed by atoms with Gasteiger partial charge in [0.2, 0.25) is 0 Å². The summed E-state index contributed by atoms with van der Waals surface area (Å²) in [5, 5.41) is 0. The van der Waals surface area contributed by atoms with Crippen LogP contribution in [0.25, 0.3) is 0 Å². The largest absolute Gasteiger partial charge is 0.493 e. The van der Waals surface area contributed by atoms with Crippen LogP contribution < -0.4 is 10.5 Å². The third-order valence-corrected chi connectivity index (χ3v) is 3.97. The molecule has 1 aliphatic carbocycles. The second-order valence-electron chi connectivity index (χ2n) is 5.85. The fourth-order valence-corrected chi connectivity index (χ4v) is 2.73. The Balaban J connectivity index is 1.88. The molecule has 0 radical (unpaired) electrons. The molecule has 0 aromatic heterocycles. The molecular weight excluding hydrogens is 222 g/mol. The van der Waals surface area contributed by atoms with Crippen molar-refractivity contribution in [3.05, 3.63) is 29.8 Å². The van der Waals surface area contributed by atoms with E-state index in [0.29, 0.717) is 5.41 Å². The predicted molar refractivity (Wildman–Crippen MR) is 75.9 cm³/mol. The van der Waals surface area contributed by atoms with E-state index >= 15 is 0 Å². The minimum absolute atomic E-state index is 0.396. The lowest BCUT2D eigenvalue weighted by molar-refractivity contribution is 0.168. The van der Waals surface area contributed by atoms with Gasteiger partial charge >= 0.3 is 0 Å². The molecule has 2 rings (SSSR count). The number of aryl methyl sites for hydroxylation is 1. The second-order valence-corrected chi connectivity index (χ2v) is 5.85. The van der Waals surface area contributed by atoms with Crippen LogP contribution in [0.3, 0.4) is 0 Å². The van der Waals surface area contributed by atoms with E-state index < -0.39 is 0 Å². The van der Waals surface area contributed by atoms with Crippen LogP contribution in [0.2, 0.25) is 0 Å². The first-order chi connectivity index (χ1) is 8.72. The molecule has 0 saturated heterocycles. The van der Waals surface area contributed by atoms with Crippen molar-refractivity contribution in [2.24, 2.45) is 11.1 Å². The third kappa shape index (κ3) is 3.74. The lowest BCUT2D eigenvalue weighted by atomic mass is 9.90. The normalized spacial score (nSPS) is 17.9. The van der Waals surface area contributed by atoms with Crippen molar-refractivity contribution in [3.63, 3.8) is 0 Å². The highest BCUT2D eigenvalue weighted by molar-refractivity contribution is 5.28. The van der Waals surface area contributed by atoms with E-state index in [-0.39, 0.29) is 0 Å². The molecule has 1 saturated carbocycles. The Labute approximate surface area is 111 Å². The van der Waals surface area contributed by atoms with E-state index in [4.69, 9.17) is 10.5 Å². The fraction of sp³-hybridized carbons (Fsp3) is 0.625. The maximum absolute atomic E-state index is 5.98. The molecule has 1 fully saturated rings. The van der Waals surface area contributed by atoms with Crippen LogP contribution in [0.4, 0.5) is 0 Å². The van der Waals surface area contributed by atoms with Gasteiger partial charge in [-0.2, -0.15) is 0 Å². The molecule has 2 N–H and O–H groups in total. The lowest BCUT2D eigenvalue weighted by Gasteiger charge is -2.23. The van der Waals surface area contributed by atoms with Crippen LogP contribution in [0, 0.1) is 5.41 Å². The van der Waals surface area contributed by atoms with Gasteiger partial charge in [-0.15, -0.1) is 0 Å². The Morgan fingerprint density at radius 3 is 2.78 bits per heavy atom. The van der Waals surface area contributed by atoms with Gasteiger partial charge < -0.3 is 10.5 Å². The van der Waals surface area contributed by atoms with Gasteiger partial charge in [0.05, 0.1) is 6.61 Å². The molecule has 2 nitrogen and oxygen atoms in total.